The summed E-state index contributed by atoms with van der Waals surface area (Å²) in [5, 5.41) is 7.50. The molecule has 0 saturated carbocycles. The van der Waals surface area contributed by atoms with E-state index in [1.54, 1.807) is 10.7 Å². The zero-order valence-corrected chi connectivity index (χ0v) is 10.1. The van der Waals surface area contributed by atoms with E-state index in [0.717, 1.165) is 29.8 Å². The molecule has 1 aromatic carbocycles. The Morgan fingerprint density at radius 1 is 1.41 bits per heavy atom. The summed E-state index contributed by atoms with van der Waals surface area (Å²) in [5.74, 6) is -0.229. The van der Waals surface area contributed by atoms with Gasteiger partial charge in [0.1, 0.15) is 5.82 Å². The Morgan fingerprint density at radius 3 is 2.94 bits per heavy atom. The van der Waals surface area contributed by atoms with E-state index in [1.165, 1.54) is 12.1 Å². The molecule has 1 aromatic heterocycles. The smallest absolute Gasteiger partial charge is 0.123 e. The predicted molar refractivity (Wildman–Crippen MR) is 66.2 cm³/mol. The molecule has 1 N–H and O–H groups in total. The van der Waals surface area contributed by atoms with Crippen LogP contribution in [0.25, 0.3) is 11.3 Å². The molecule has 0 aliphatic heterocycles. The van der Waals surface area contributed by atoms with Crippen molar-refractivity contribution >= 4 is 0 Å². The highest BCUT2D eigenvalue weighted by atomic mass is 19.1. The third kappa shape index (κ3) is 2.71. The maximum Gasteiger partial charge on any atom is 0.123 e. The molecular weight excluding hydrogens is 217 g/mol. The van der Waals surface area contributed by atoms with Crippen molar-refractivity contribution in [2.45, 2.75) is 6.42 Å². The van der Waals surface area contributed by atoms with E-state index in [-0.39, 0.29) is 5.82 Å². The second-order valence-electron chi connectivity index (χ2n) is 4.04. The Hall–Kier alpha value is -1.68. The minimum absolute atomic E-state index is 0.229. The van der Waals surface area contributed by atoms with Crippen LogP contribution in [0, 0.1) is 5.82 Å². The average Bonchev–Trinajstić information content (AvgIpc) is 2.68. The minimum Gasteiger partial charge on any atom is -0.319 e. The van der Waals surface area contributed by atoms with Gasteiger partial charge in [-0.2, -0.15) is 5.10 Å². The van der Waals surface area contributed by atoms with Crippen LogP contribution in [0.15, 0.2) is 30.5 Å². The van der Waals surface area contributed by atoms with Crippen molar-refractivity contribution in [3.8, 4) is 11.3 Å². The molecule has 0 atom stereocenters. The number of aromatic nitrogens is 2. The van der Waals surface area contributed by atoms with E-state index in [9.17, 15) is 4.39 Å². The molecule has 0 amide bonds. The zero-order valence-electron chi connectivity index (χ0n) is 10.1. The van der Waals surface area contributed by atoms with Crippen LogP contribution in [0.1, 0.15) is 5.56 Å². The molecule has 1 heterocycles. The Bertz CT molecular complexity index is 505. The van der Waals surface area contributed by atoms with Crippen LogP contribution in [0.3, 0.4) is 0 Å². The van der Waals surface area contributed by atoms with Crippen LogP contribution in [0.4, 0.5) is 4.39 Å². The van der Waals surface area contributed by atoms with Crippen LogP contribution < -0.4 is 5.32 Å². The van der Waals surface area contributed by atoms with E-state index >= 15 is 0 Å². The maximum atomic E-state index is 13.2. The number of aryl methyl sites for hydroxylation is 1. The van der Waals surface area contributed by atoms with Gasteiger partial charge in [-0.1, -0.05) is 12.1 Å². The van der Waals surface area contributed by atoms with Crippen LogP contribution in [0.5, 0.6) is 0 Å². The third-order valence-electron chi connectivity index (χ3n) is 2.65. The van der Waals surface area contributed by atoms with Crippen LogP contribution in [-0.2, 0) is 13.5 Å². The first-order valence-electron chi connectivity index (χ1n) is 5.64. The predicted octanol–water partition coefficient (Wildman–Crippen LogP) is 1.99. The number of hydrogen-bond acceptors (Lipinski definition) is 2. The molecule has 0 fully saturated rings. The highest BCUT2D eigenvalue weighted by Gasteiger charge is 2.10. The minimum atomic E-state index is -0.229. The highest BCUT2D eigenvalue weighted by molar-refractivity contribution is 5.62. The van der Waals surface area contributed by atoms with Crippen molar-refractivity contribution in [1.82, 2.24) is 15.1 Å². The van der Waals surface area contributed by atoms with E-state index < -0.39 is 0 Å². The van der Waals surface area contributed by atoms with Crippen molar-refractivity contribution in [2.24, 2.45) is 7.05 Å². The van der Waals surface area contributed by atoms with Gasteiger partial charge in [0.25, 0.3) is 0 Å². The SMILES string of the molecule is CNCCc1cn(C)nc1-c1cccc(F)c1. The van der Waals surface area contributed by atoms with Gasteiger partial charge in [-0.3, -0.25) is 4.68 Å². The van der Waals surface area contributed by atoms with Gasteiger partial charge in [-0.05, 0) is 37.7 Å². The summed E-state index contributed by atoms with van der Waals surface area (Å²) >= 11 is 0. The maximum absolute atomic E-state index is 13.2. The number of benzene rings is 1. The summed E-state index contributed by atoms with van der Waals surface area (Å²) in [5.41, 5.74) is 2.83. The summed E-state index contributed by atoms with van der Waals surface area (Å²) in [6.07, 6.45) is 2.87. The first-order valence-corrected chi connectivity index (χ1v) is 5.64. The highest BCUT2D eigenvalue weighted by Crippen LogP contribution is 2.22. The molecule has 3 nitrogen and oxygen atoms in total. The molecule has 2 rings (SSSR count). The van der Waals surface area contributed by atoms with Crippen molar-refractivity contribution < 1.29 is 4.39 Å². The van der Waals surface area contributed by atoms with Gasteiger partial charge in [0.05, 0.1) is 5.69 Å². The Kier molecular flexibility index (Phi) is 3.54. The quantitative estimate of drug-likeness (QED) is 0.875. The lowest BCUT2D eigenvalue weighted by molar-refractivity contribution is 0.628. The summed E-state index contributed by atoms with van der Waals surface area (Å²) < 4.78 is 15.0. The Balaban J connectivity index is 2.37. The number of nitrogens with zero attached hydrogens (tertiary/aromatic N) is 2. The number of likely N-dealkylation sites (N-methyl/N-ethyl adjacent to an activating group) is 1. The van der Waals surface area contributed by atoms with Crippen molar-refractivity contribution in [2.75, 3.05) is 13.6 Å². The number of hydrogen-bond donors (Lipinski definition) is 1. The summed E-state index contributed by atoms with van der Waals surface area (Å²) in [6, 6.07) is 6.56. The molecule has 4 heteroatoms. The summed E-state index contributed by atoms with van der Waals surface area (Å²) in [6.45, 7) is 0.883. The van der Waals surface area contributed by atoms with Gasteiger partial charge in [-0.15, -0.1) is 0 Å². The lowest BCUT2D eigenvalue weighted by Crippen LogP contribution is -2.10. The fourth-order valence-electron chi connectivity index (χ4n) is 1.86. The Morgan fingerprint density at radius 2 is 2.24 bits per heavy atom. The van der Waals surface area contributed by atoms with Crippen LogP contribution >= 0.6 is 0 Å². The summed E-state index contributed by atoms with van der Waals surface area (Å²) in [7, 11) is 3.80. The first kappa shape index (κ1) is 11.8. The van der Waals surface area contributed by atoms with Crippen molar-refractivity contribution in [3.05, 3.63) is 41.8 Å². The normalized spacial score (nSPS) is 10.8. The largest absolute Gasteiger partial charge is 0.319 e. The third-order valence-corrected chi connectivity index (χ3v) is 2.65. The van der Waals surface area contributed by atoms with Crippen LogP contribution in [0.2, 0.25) is 0 Å². The molecule has 2 aromatic rings. The van der Waals surface area contributed by atoms with Crippen molar-refractivity contribution in [1.29, 1.82) is 0 Å². The molecule has 0 radical (unpaired) electrons. The van der Waals surface area contributed by atoms with Crippen molar-refractivity contribution in [3.63, 3.8) is 0 Å². The standard InChI is InChI=1S/C13H16FN3/c1-15-7-6-11-9-17(2)16-13(11)10-4-3-5-12(14)8-10/h3-5,8-9,15H,6-7H2,1-2H3. The average molecular weight is 233 g/mol. The van der Waals surface area contributed by atoms with E-state index in [1.807, 2.05) is 26.4 Å². The first-order chi connectivity index (χ1) is 8.20. The number of halogens is 1. The van der Waals surface area contributed by atoms with E-state index in [2.05, 4.69) is 10.4 Å². The molecule has 0 aliphatic rings. The van der Waals surface area contributed by atoms with Gasteiger partial charge in [0, 0.05) is 18.8 Å². The second kappa shape index (κ2) is 5.10. The molecule has 17 heavy (non-hydrogen) atoms. The van der Waals surface area contributed by atoms with E-state index in [0.29, 0.717) is 0 Å². The molecule has 0 aliphatic carbocycles. The monoisotopic (exact) mass is 233 g/mol. The molecule has 0 spiro atoms. The molecule has 90 valence electrons. The number of rotatable bonds is 4. The molecule has 0 bridgehead atoms. The van der Waals surface area contributed by atoms with Gasteiger partial charge in [0.2, 0.25) is 0 Å². The fourth-order valence-corrected chi connectivity index (χ4v) is 1.86. The van der Waals surface area contributed by atoms with E-state index in [4.69, 9.17) is 0 Å². The second-order valence-corrected chi connectivity index (χ2v) is 4.04. The molecule has 0 unspecified atom stereocenters. The van der Waals surface area contributed by atoms with Crippen LogP contribution in [-0.4, -0.2) is 23.4 Å². The molecule has 0 saturated heterocycles. The lowest BCUT2D eigenvalue weighted by Gasteiger charge is -2.02. The molecular formula is C13H16FN3. The fraction of sp³-hybridized carbons (Fsp3) is 0.308. The number of nitrogens with one attached hydrogen (secondary N) is 1. The van der Waals surface area contributed by atoms with Gasteiger partial charge < -0.3 is 5.32 Å². The summed E-state index contributed by atoms with van der Waals surface area (Å²) in [4.78, 5) is 0. The Labute approximate surface area is 100 Å². The topological polar surface area (TPSA) is 29.9 Å². The zero-order chi connectivity index (χ0) is 12.3. The van der Waals surface area contributed by atoms with Gasteiger partial charge in [-0.25, -0.2) is 4.39 Å². The lowest BCUT2D eigenvalue weighted by atomic mass is 10.1. The van der Waals surface area contributed by atoms with Gasteiger partial charge in [0.15, 0.2) is 0 Å². The van der Waals surface area contributed by atoms with Gasteiger partial charge >= 0.3 is 0 Å².